The van der Waals surface area contributed by atoms with Gasteiger partial charge in [-0.05, 0) is 30.0 Å². The number of benzene rings is 1. The SMILES string of the molecule is CCC(C)c1ccc(NC(=O)CSc2nnc(Cn3cncn3)o2)cc1. The van der Waals surface area contributed by atoms with Gasteiger partial charge in [0.1, 0.15) is 19.2 Å². The summed E-state index contributed by atoms with van der Waals surface area (Å²) in [5.41, 5.74) is 2.05. The molecule has 1 N–H and O–H groups in total. The van der Waals surface area contributed by atoms with Crippen LogP contribution in [0.1, 0.15) is 37.6 Å². The number of nitrogens with zero attached hydrogens (tertiary/aromatic N) is 5. The highest BCUT2D eigenvalue weighted by atomic mass is 32.2. The van der Waals surface area contributed by atoms with Gasteiger partial charge in [0.15, 0.2) is 0 Å². The Morgan fingerprint density at radius 2 is 2.12 bits per heavy atom. The van der Waals surface area contributed by atoms with Gasteiger partial charge in [-0.3, -0.25) is 4.79 Å². The maximum absolute atomic E-state index is 12.1. The van der Waals surface area contributed by atoms with Gasteiger partial charge in [-0.2, -0.15) is 5.10 Å². The van der Waals surface area contributed by atoms with Gasteiger partial charge in [-0.15, -0.1) is 10.2 Å². The molecule has 0 bridgehead atoms. The number of nitrogens with one attached hydrogen (secondary N) is 1. The molecule has 0 aliphatic heterocycles. The number of anilines is 1. The van der Waals surface area contributed by atoms with E-state index in [1.807, 2.05) is 24.3 Å². The van der Waals surface area contributed by atoms with Crippen molar-refractivity contribution in [3.63, 3.8) is 0 Å². The van der Waals surface area contributed by atoms with Crippen LogP contribution in [0.4, 0.5) is 5.69 Å². The molecule has 0 radical (unpaired) electrons. The van der Waals surface area contributed by atoms with Gasteiger partial charge in [-0.1, -0.05) is 37.7 Å². The molecule has 8 nitrogen and oxygen atoms in total. The van der Waals surface area contributed by atoms with Gasteiger partial charge in [0.05, 0.1) is 5.75 Å². The van der Waals surface area contributed by atoms with Crippen LogP contribution in [0.2, 0.25) is 0 Å². The summed E-state index contributed by atoms with van der Waals surface area (Å²) in [4.78, 5) is 15.9. The number of hydrogen-bond donors (Lipinski definition) is 1. The molecule has 1 aromatic carbocycles. The molecule has 2 heterocycles. The van der Waals surface area contributed by atoms with E-state index in [4.69, 9.17) is 4.42 Å². The Kier molecular flexibility index (Phi) is 6.00. The fourth-order valence-corrected chi connectivity index (χ4v) is 2.85. The van der Waals surface area contributed by atoms with E-state index in [1.165, 1.54) is 23.7 Å². The molecule has 0 fully saturated rings. The van der Waals surface area contributed by atoms with Crippen molar-refractivity contribution in [2.45, 2.75) is 38.0 Å². The molecule has 1 amide bonds. The second-order valence-electron chi connectivity index (χ2n) is 5.82. The highest BCUT2D eigenvalue weighted by molar-refractivity contribution is 7.99. The van der Waals surface area contributed by atoms with E-state index in [-0.39, 0.29) is 11.7 Å². The van der Waals surface area contributed by atoms with Crippen molar-refractivity contribution >= 4 is 23.4 Å². The van der Waals surface area contributed by atoms with Crippen molar-refractivity contribution in [1.29, 1.82) is 0 Å². The van der Waals surface area contributed by atoms with Crippen LogP contribution in [-0.4, -0.2) is 36.6 Å². The minimum atomic E-state index is -0.123. The fraction of sp³-hybridized carbons (Fsp3) is 0.353. The third-order valence-corrected chi connectivity index (χ3v) is 4.73. The predicted molar refractivity (Wildman–Crippen MR) is 97.9 cm³/mol. The van der Waals surface area contributed by atoms with Gasteiger partial charge in [0.25, 0.3) is 5.22 Å². The third kappa shape index (κ3) is 4.92. The zero-order valence-electron chi connectivity index (χ0n) is 14.6. The van der Waals surface area contributed by atoms with Crippen molar-refractivity contribution in [1.82, 2.24) is 25.0 Å². The number of carbonyl (C=O) groups excluding carboxylic acids is 1. The lowest BCUT2D eigenvalue weighted by Gasteiger charge is -2.10. The first-order valence-corrected chi connectivity index (χ1v) is 9.30. The maximum Gasteiger partial charge on any atom is 0.277 e. The van der Waals surface area contributed by atoms with E-state index in [0.29, 0.717) is 23.6 Å². The average Bonchev–Trinajstić information content (AvgIpc) is 3.32. The van der Waals surface area contributed by atoms with Crippen LogP contribution in [-0.2, 0) is 11.3 Å². The lowest BCUT2D eigenvalue weighted by molar-refractivity contribution is -0.113. The van der Waals surface area contributed by atoms with E-state index < -0.39 is 0 Å². The number of hydrogen-bond acceptors (Lipinski definition) is 7. The lowest BCUT2D eigenvalue weighted by atomic mass is 9.99. The molecule has 26 heavy (non-hydrogen) atoms. The van der Waals surface area contributed by atoms with Gasteiger partial charge >= 0.3 is 0 Å². The predicted octanol–water partition coefficient (Wildman–Crippen LogP) is 2.95. The molecule has 3 aromatic rings. The lowest BCUT2D eigenvalue weighted by Crippen LogP contribution is -2.14. The van der Waals surface area contributed by atoms with Crippen molar-refractivity contribution < 1.29 is 9.21 Å². The Morgan fingerprint density at radius 1 is 1.31 bits per heavy atom. The number of amides is 1. The zero-order chi connectivity index (χ0) is 18.4. The Balaban J connectivity index is 1.47. The molecule has 1 unspecified atom stereocenters. The first-order valence-electron chi connectivity index (χ1n) is 8.31. The number of carbonyl (C=O) groups is 1. The summed E-state index contributed by atoms with van der Waals surface area (Å²) in [5.74, 6) is 0.999. The Bertz CT molecular complexity index is 831. The average molecular weight is 372 g/mol. The Morgan fingerprint density at radius 3 is 2.81 bits per heavy atom. The number of rotatable bonds is 8. The topological polar surface area (TPSA) is 98.7 Å². The standard InChI is InChI=1S/C17H20N6O2S/c1-3-12(2)13-4-6-14(7-5-13)20-15(24)9-26-17-22-21-16(25-17)8-23-11-18-10-19-23/h4-7,10-12H,3,8-9H2,1-2H3,(H,20,24). The first-order chi connectivity index (χ1) is 12.6. The quantitative estimate of drug-likeness (QED) is 0.607. The van der Waals surface area contributed by atoms with E-state index >= 15 is 0 Å². The highest BCUT2D eigenvalue weighted by Crippen LogP contribution is 2.21. The smallest absolute Gasteiger partial charge is 0.277 e. The molecule has 0 aliphatic carbocycles. The third-order valence-electron chi connectivity index (χ3n) is 3.91. The second kappa shape index (κ2) is 8.61. The van der Waals surface area contributed by atoms with E-state index in [9.17, 15) is 4.79 Å². The van der Waals surface area contributed by atoms with Gasteiger partial charge < -0.3 is 9.73 Å². The van der Waals surface area contributed by atoms with Crippen molar-refractivity contribution in [2.24, 2.45) is 0 Å². The molecule has 3 rings (SSSR count). The fourth-order valence-electron chi connectivity index (χ4n) is 2.27. The molecular weight excluding hydrogens is 352 g/mol. The molecule has 0 aliphatic rings. The van der Waals surface area contributed by atoms with Crippen LogP contribution in [0.5, 0.6) is 0 Å². The zero-order valence-corrected chi connectivity index (χ0v) is 15.4. The van der Waals surface area contributed by atoms with Crippen LogP contribution >= 0.6 is 11.8 Å². The summed E-state index contributed by atoms with van der Waals surface area (Å²) < 4.78 is 7.07. The summed E-state index contributed by atoms with van der Waals surface area (Å²) in [6.07, 6.45) is 4.09. The van der Waals surface area contributed by atoms with Crippen molar-refractivity contribution in [3.05, 3.63) is 48.4 Å². The highest BCUT2D eigenvalue weighted by Gasteiger charge is 2.11. The van der Waals surface area contributed by atoms with Gasteiger partial charge in [0.2, 0.25) is 11.8 Å². The van der Waals surface area contributed by atoms with Crippen molar-refractivity contribution in [2.75, 3.05) is 11.1 Å². The van der Waals surface area contributed by atoms with E-state index in [0.717, 1.165) is 12.1 Å². The van der Waals surface area contributed by atoms with Crippen LogP contribution in [0.3, 0.4) is 0 Å². The molecule has 0 spiro atoms. The molecule has 0 saturated carbocycles. The van der Waals surface area contributed by atoms with Crippen LogP contribution < -0.4 is 5.32 Å². The first kappa shape index (κ1) is 18.1. The molecule has 2 aromatic heterocycles. The molecule has 0 saturated heterocycles. The summed E-state index contributed by atoms with van der Waals surface area (Å²) in [6, 6.07) is 7.94. The van der Waals surface area contributed by atoms with E-state index in [2.05, 4.69) is 39.4 Å². The second-order valence-corrected chi connectivity index (χ2v) is 6.75. The van der Waals surface area contributed by atoms with E-state index in [1.54, 1.807) is 11.0 Å². The largest absolute Gasteiger partial charge is 0.414 e. The van der Waals surface area contributed by atoms with Crippen LogP contribution in [0.15, 0.2) is 46.6 Å². The van der Waals surface area contributed by atoms with Crippen LogP contribution in [0.25, 0.3) is 0 Å². The summed E-state index contributed by atoms with van der Waals surface area (Å²) in [7, 11) is 0. The van der Waals surface area contributed by atoms with Gasteiger partial charge in [0, 0.05) is 5.69 Å². The molecule has 136 valence electrons. The minimum absolute atomic E-state index is 0.123. The monoisotopic (exact) mass is 372 g/mol. The van der Waals surface area contributed by atoms with Crippen LogP contribution in [0, 0.1) is 0 Å². The summed E-state index contributed by atoms with van der Waals surface area (Å²) >= 11 is 1.20. The van der Waals surface area contributed by atoms with Gasteiger partial charge in [-0.25, -0.2) is 9.67 Å². The Hall–Kier alpha value is -2.68. The summed E-state index contributed by atoms with van der Waals surface area (Å²) in [6.45, 7) is 4.69. The molecule has 9 heteroatoms. The maximum atomic E-state index is 12.1. The minimum Gasteiger partial charge on any atom is -0.414 e. The molecule has 1 atom stereocenters. The normalized spacial score (nSPS) is 12.1. The summed E-state index contributed by atoms with van der Waals surface area (Å²) in [5, 5.41) is 15.0. The Labute approximate surface area is 155 Å². The molecular formula is C17H20N6O2S. The number of aromatic nitrogens is 5. The van der Waals surface area contributed by atoms with Crippen molar-refractivity contribution in [3.8, 4) is 0 Å². The number of thioether (sulfide) groups is 1.